The molecule has 0 spiro atoms. The minimum Gasteiger partial charge on any atom is -0.338 e. The van der Waals surface area contributed by atoms with Gasteiger partial charge in [-0.1, -0.05) is 0 Å². The first-order valence-corrected chi connectivity index (χ1v) is 10.6. The number of amides is 1. The van der Waals surface area contributed by atoms with Gasteiger partial charge in [0.25, 0.3) is 5.91 Å². The lowest BCUT2D eigenvalue weighted by Crippen LogP contribution is -2.43. The molecule has 1 aromatic carbocycles. The zero-order chi connectivity index (χ0) is 18.7. The molecular weight excluding hydrogens is 352 g/mol. The molecule has 140 valence electrons. The number of carbonyl (C=O) groups excluding carboxylic acids is 1. The number of aryl methyl sites for hydroxylation is 1. The summed E-state index contributed by atoms with van der Waals surface area (Å²) >= 11 is 0. The molecule has 1 amide bonds. The molecule has 1 unspecified atom stereocenters. The Kier molecular flexibility index (Phi) is 5.43. The van der Waals surface area contributed by atoms with E-state index in [1.165, 1.54) is 0 Å². The third kappa shape index (κ3) is 4.70. The SMILES string of the molecule is Cc1cnn(-c2ccc(C(=O)N3CCCC(CNS(C)(=O)=O)C3)cc2)c1. The first-order valence-electron chi connectivity index (χ1n) is 8.67. The van der Waals surface area contributed by atoms with Crippen LogP contribution in [-0.4, -0.2) is 54.9 Å². The van der Waals surface area contributed by atoms with Crippen LogP contribution >= 0.6 is 0 Å². The van der Waals surface area contributed by atoms with Crippen molar-refractivity contribution in [2.75, 3.05) is 25.9 Å². The molecule has 0 aliphatic carbocycles. The summed E-state index contributed by atoms with van der Waals surface area (Å²) in [6.07, 6.45) is 6.68. The number of aromatic nitrogens is 2. The van der Waals surface area contributed by atoms with E-state index in [4.69, 9.17) is 0 Å². The highest BCUT2D eigenvalue weighted by atomic mass is 32.2. The van der Waals surface area contributed by atoms with Gasteiger partial charge in [-0.25, -0.2) is 17.8 Å². The molecule has 8 heteroatoms. The second-order valence-electron chi connectivity index (χ2n) is 6.89. The van der Waals surface area contributed by atoms with Crippen molar-refractivity contribution in [1.82, 2.24) is 19.4 Å². The predicted octanol–water partition coefficient (Wildman–Crippen LogP) is 1.58. The second-order valence-corrected chi connectivity index (χ2v) is 8.72. The van der Waals surface area contributed by atoms with Gasteiger partial charge in [0.2, 0.25) is 10.0 Å². The van der Waals surface area contributed by atoms with Crippen molar-refractivity contribution in [2.24, 2.45) is 5.92 Å². The van der Waals surface area contributed by atoms with Crippen molar-refractivity contribution in [1.29, 1.82) is 0 Å². The molecule has 0 saturated carbocycles. The topological polar surface area (TPSA) is 84.3 Å². The first-order chi connectivity index (χ1) is 12.3. The molecule has 26 heavy (non-hydrogen) atoms. The van der Waals surface area contributed by atoms with Gasteiger partial charge in [0.05, 0.1) is 18.1 Å². The maximum atomic E-state index is 12.8. The van der Waals surface area contributed by atoms with Crippen molar-refractivity contribution in [3.8, 4) is 5.69 Å². The highest BCUT2D eigenvalue weighted by Crippen LogP contribution is 2.19. The zero-order valence-electron chi connectivity index (χ0n) is 15.1. The number of hydrogen-bond donors (Lipinski definition) is 1. The van der Waals surface area contributed by atoms with Crippen LogP contribution < -0.4 is 4.72 Å². The largest absolute Gasteiger partial charge is 0.338 e. The van der Waals surface area contributed by atoms with Crippen LogP contribution in [0.5, 0.6) is 0 Å². The summed E-state index contributed by atoms with van der Waals surface area (Å²) in [5.41, 5.74) is 2.62. The van der Waals surface area contributed by atoms with Crippen LogP contribution in [0.1, 0.15) is 28.8 Å². The highest BCUT2D eigenvalue weighted by molar-refractivity contribution is 7.88. The maximum absolute atomic E-state index is 12.8. The summed E-state index contributed by atoms with van der Waals surface area (Å²) < 4.78 is 26.8. The Morgan fingerprint density at radius 1 is 1.31 bits per heavy atom. The molecule has 2 heterocycles. The molecule has 1 atom stereocenters. The molecule has 0 bridgehead atoms. The van der Waals surface area contributed by atoms with Gasteiger partial charge < -0.3 is 4.90 Å². The zero-order valence-corrected chi connectivity index (χ0v) is 15.9. The summed E-state index contributed by atoms with van der Waals surface area (Å²) in [6, 6.07) is 7.39. The van der Waals surface area contributed by atoms with Crippen molar-refractivity contribution >= 4 is 15.9 Å². The van der Waals surface area contributed by atoms with E-state index in [0.717, 1.165) is 30.3 Å². The Morgan fingerprint density at radius 2 is 2.04 bits per heavy atom. The lowest BCUT2D eigenvalue weighted by Gasteiger charge is -2.32. The van der Waals surface area contributed by atoms with E-state index >= 15 is 0 Å². The third-order valence-electron chi connectivity index (χ3n) is 4.53. The number of hydrogen-bond acceptors (Lipinski definition) is 4. The fraction of sp³-hybridized carbons (Fsp3) is 0.444. The number of carbonyl (C=O) groups is 1. The Bertz CT molecular complexity index is 874. The van der Waals surface area contributed by atoms with Crippen LogP contribution in [0, 0.1) is 12.8 Å². The van der Waals surface area contributed by atoms with E-state index in [2.05, 4.69) is 9.82 Å². The van der Waals surface area contributed by atoms with Gasteiger partial charge in [0.15, 0.2) is 0 Å². The van der Waals surface area contributed by atoms with Crippen molar-refractivity contribution < 1.29 is 13.2 Å². The molecule has 1 N–H and O–H groups in total. The molecule has 1 aliphatic heterocycles. The van der Waals surface area contributed by atoms with Crippen LogP contribution in [0.15, 0.2) is 36.7 Å². The van der Waals surface area contributed by atoms with Gasteiger partial charge in [-0.3, -0.25) is 4.79 Å². The van der Waals surface area contributed by atoms with E-state index < -0.39 is 10.0 Å². The van der Waals surface area contributed by atoms with E-state index in [1.807, 2.05) is 42.3 Å². The van der Waals surface area contributed by atoms with E-state index in [1.54, 1.807) is 10.9 Å². The Balaban J connectivity index is 1.64. The van der Waals surface area contributed by atoms with Gasteiger partial charge in [0, 0.05) is 31.4 Å². The van der Waals surface area contributed by atoms with Crippen molar-refractivity contribution in [3.63, 3.8) is 0 Å². The van der Waals surface area contributed by atoms with Gasteiger partial charge in [-0.15, -0.1) is 0 Å². The van der Waals surface area contributed by atoms with Crippen molar-refractivity contribution in [2.45, 2.75) is 19.8 Å². The Labute approximate surface area is 154 Å². The fourth-order valence-electron chi connectivity index (χ4n) is 3.18. The quantitative estimate of drug-likeness (QED) is 0.859. The number of benzene rings is 1. The van der Waals surface area contributed by atoms with E-state index in [-0.39, 0.29) is 11.8 Å². The predicted molar refractivity (Wildman–Crippen MR) is 99.8 cm³/mol. The van der Waals surface area contributed by atoms with Gasteiger partial charge in [-0.05, 0) is 55.5 Å². The molecule has 7 nitrogen and oxygen atoms in total. The monoisotopic (exact) mass is 376 g/mol. The number of nitrogens with one attached hydrogen (secondary N) is 1. The standard InChI is InChI=1S/C18H24N4O3S/c1-14-10-19-22(12-14)17-7-5-16(6-8-17)18(23)21-9-3-4-15(13-21)11-20-26(2,24)25/h5-8,10,12,15,20H,3-4,9,11,13H2,1-2H3. The summed E-state index contributed by atoms with van der Waals surface area (Å²) in [6.45, 7) is 3.63. The van der Waals surface area contributed by atoms with Crippen LogP contribution in [0.3, 0.4) is 0 Å². The summed E-state index contributed by atoms with van der Waals surface area (Å²) in [4.78, 5) is 14.6. The maximum Gasteiger partial charge on any atom is 0.253 e. The molecule has 1 aliphatic rings. The molecular formula is C18H24N4O3S. The van der Waals surface area contributed by atoms with Gasteiger partial charge in [-0.2, -0.15) is 5.10 Å². The Hall–Kier alpha value is -2.19. The molecule has 0 radical (unpaired) electrons. The average molecular weight is 376 g/mol. The Morgan fingerprint density at radius 3 is 2.65 bits per heavy atom. The minimum absolute atomic E-state index is 0.0164. The first kappa shape index (κ1) is 18.6. The van der Waals surface area contributed by atoms with E-state index in [9.17, 15) is 13.2 Å². The van der Waals surface area contributed by atoms with E-state index in [0.29, 0.717) is 25.2 Å². The van der Waals surface area contributed by atoms with Crippen LogP contribution in [0.25, 0.3) is 5.69 Å². The number of nitrogens with zero attached hydrogens (tertiary/aromatic N) is 3. The third-order valence-corrected chi connectivity index (χ3v) is 5.22. The van der Waals surface area contributed by atoms with Crippen molar-refractivity contribution in [3.05, 3.63) is 47.8 Å². The smallest absolute Gasteiger partial charge is 0.253 e. The average Bonchev–Trinajstić information content (AvgIpc) is 3.06. The van der Waals surface area contributed by atoms with Gasteiger partial charge >= 0.3 is 0 Å². The fourth-order valence-corrected chi connectivity index (χ4v) is 3.72. The lowest BCUT2D eigenvalue weighted by molar-refractivity contribution is 0.0676. The highest BCUT2D eigenvalue weighted by Gasteiger charge is 2.25. The normalized spacial score (nSPS) is 18.1. The summed E-state index contributed by atoms with van der Waals surface area (Å²) in [5, 5.41) is 4.27. The van der Waals surface area contributed by atoms with Crippen LogP contribution in [-0.2, 0) is 10.0 Å². The molecule has 3 rings (SSSR count). The molecule has 1 fully saturated rings. The summed E-state index contributed by atoms with van der Waals surface area (Å²) in [7, 11) is -3.20. The lowest BCUT2D eigenvalue weighted by atomic mass is 9.97. The molecule has 2 aromatic rings. The van der Waals surface area contributed by atoms with Crippen LogP contribution in [0.4, 0.5) is 0 Å². The number of piperidine rings is 1. The number of likely N-dealkylation sites (tertiary alicyclic amines) is 1. The van der Waals surface area contributed by atoms with Gasteiger partial charge in [0.1, 0.15) is 0 Å². The second kappa shape index (κ2) is 7.59. The van der Waals surface area contributed by atoms with Crippen LogP contribution in [0.2, 0.25) is 0 Å². The number of rotatable bonds is 5. The molecule has 1 aromatic heterocycles. The minimum atomic E-state index is -3.20. The number of sulfonamides is 1. The molecule has 1 saturated heterocycles. The summed E-state index contributed by atoms with van der Waals surface area (Å²) in [5.74, 6) is 0.131.